The summed E-state index contributed by atoms with van der Waals surface area (Å²) >= 11 is 0. The van der Waals surface area contributed by atoms with Gasteiger partial charge in [-0.15, -0.1) is 0 Å². The number of benzene rings is 2. The minimum absolute atomic E-state index is 0.0438. The van der Waals surface area contributed by atoms with Crippen LogP contribution in [0.25, 0.3) is 10.9 Å². The molecular weight excluding hydrogens is 610 g/mol. The molecule has 7 nitrogen and oxygen atoms in total. The first-order chi connectivity index (χ1) is 20.5. The Kier molecular flexibility index (Phi) is 9.99. The first-order valence-electron chi connectivity index (χ1n) is 13.9. The minimum Gasteiger partial charge on any atom is -0.482 e. The Labute approximate surface area is 252 Å². The highest BCUT2D eigenvalue weighted by atomic mass is 32.2. The topological polar surface area (TPSA) is 75.6 Å². The molecule has 0 radical (unpaired) electrons. The van der Waals surface area contributed by atoms with Gasteiger partial charge in [0.15, 0.2) is 16.4 Å². The lowest BCUT2D eigenvalue weighted by Crippen LogP contribution is -2.36. The van der Waals surface area contributed by atoms with Gasteiger partial charge in [0.2, 0.25) is 0 Å². The van der Waals surface area contributed by atoms with Crippen LogP contribution < -0.4 is 15.4 Å². The van der Waals surface area contributed by atoms with Crippen molar-refractivity contribution in [2.24, 2.45) is 0 Å². The largest absolute Gasteiger partial charge is 0.482 e. The van der Waals surface area contributed by atoms with E-state index in [1.807, 2.05) is 6.07 Å². The van der Waals surface area contributed by atoms with Crippen molar-refractivity contribution in [2.45, 2.75) is 61.6 Å². The van der Waals surface area contributed by atoms with Crippen LogP contribution in [0.3, 0.4) is 0 Å². The maximum atomic E-state index is 13.6. The molecule has 1 heterocycles. The van der Waals surface area contributed by atoms with Gasteiger partial charge in [-0.2, -0.15) is 26.3 Å². The SMILES string of the molecule is CN(C)[C@H]1CC[C@@H](Nc2cccc3c2cc(C#CCNc2ccc(S(C)(=O)=O)cc2OCC(F)(F)F)n3CC(F)(F)F)CC1. The molecule has 44 heavy (non-hydrogen) atoms. The van der Waals surface area contributed by atoms with Crippen molar-refractivity contribution in [1.29, 1.82) is 0 Å². The number of hydrogen-bond acceptors (Lipinski definition) is 6. The van der Waals surface area contributed by atoms with Crippen molar-refractivity contribution < 1.29 is 39.5 Å². The quantitative estimate of drug-likeness (QED) is 0.211. The van der Waals surface area contributed by atoms with E-state index in [-0.39, 0.29) is 34.6 Å². The lowest BCUT2D eigenvalue weighted by Gasteiger charge is -2.33. The summed E-state index contributed by atoms with van der Waals surface area (Å²) in [5, 5.41) is 6.88. The van der Waals surface area contributed by atoms with Gasteiger partial charge >= 0.3 is 12.4 Å². The number of hydrogen-bond donors (Lipinski definition) is 2. The first kappa shape index (κ1) is 33.3. The van der Waals surface area contributed by atoms with E-state index in [4.69, 9.17) is 4.74 Å². The number of sulfone groups is 1. The van der Waals surface area contributed by atoms with Crippen molar-refractivity contribution in [3.8, 4) is 17.6 Å². The highest BCUT2D eigenvalue weighted by molar-refractivity contribution is 7.90. The molecule has 0 unspecified atom stereocenters. The average Bonchev–Trinajstić information content (AvgIpc) is 3.26. The minimum atomic E-state index is -4.66. The van der Waals surface area contributed by atoms with Crippen LogP contribution in [-0.4, -0.2) is 75.8 Å². The lowest BCUT2D eigenvalue weighted by atomic mass is 9.90. The maximum Gasteiger partial charge on any atom is 0.422 e. The third-order valence-electron chi connectivity index (χ3n) is 7.43. The molecule has 0 atom stereocenters. The number of aromatic nitrogens is 1. The second-order valence-corrected chi connectivity index (χ2v) is 13.1. The lowest BCUT2D eigenvalue weighted by molar-refractivity contribution is -0.153. The van der Waals surface area contributed by atoms with Gasteiger partial charge in [0.1, 0.15) is 12.3 Å². The number of rotatable bonds is 9. The molecule has 1 aliphatic rings. The third kappa shape index (κ3) is 8.98. The summed E-state index contributed by atoms with van der Waals surface area (Å²) in [6.07, 6.45) is -4.38. The number of ether oxygens (including phenoxy) is 1. The molecule has 0 saturated heterocycles. The number of anilines is 2. The van der Waals surface area contributed by atoms with Crippen LogP contribution in [0.4, 0.5) is 37.7 Å². The number of alkyl halides is 6. The monoisotopic (exact) mass is 644 g/mol. The van der Waals surface area contributed by atoms with E-state index in [0.717, 1.165) is 48.3 Å². The fourth-order valence-electron chi connectivity index (χ4n) is 5.25. The molecule has 1 fully saturated rings. The predicted octanol–water partition coefficient (Wildman–Crippen LogP) is 6.30. The Morgan fingerprint density at radius 1 is 0.977 bits per heavy atom. The van der Waals surface area contributed by atoms with Gasteiger partial charge in [-0.3, -0.25) is 0 Å². The van der Waals surface area contributed by atoms with Crippen LogP contribution in [0.1, 0.15) is 31.4 Å². The Morgan fingerprint density at radius 2 is 1.68 bits per heavy atom. The number of nitrogens with one attached hydrogen (secondary N) is 2. The average molecular weight is 645 g/mol. The molecule has 3 aromatic rings. The molecule has 0 bridgehead atoms. The summed E-state index contributed by atoms with van der Waals surface area (Å²) in [5.74, 6) is 5.13. The fraction of sp³-hybridized carbons (Fsp3) is 0.467. The van der Waals surface area contributed by atoms with Crippen molar-refractivity contribution in [1.82, 2.24) is 9.47 Å². The molecule has 0 aliphatic heterocycles. The highest BCUT2D eigenvalue weighted by Crippen LogP contribution is 2.33. The molecule has 4 rings (SSSR count). The molecule has 0 amide bonds. The van der Waals surface area contributed by atoms with Crippen molar-refractivity contribution >= 4 is 32.1 Å². The zero-order valence-electron chi connectivity index (χ0n) is 24.4. The Balaban J connectivity index is 1.58. The predicted molar refractivity (Wildman–Crippen MR) is 158 cm³/mol. The zero-order valence-corrected chi connectivity index (χ0v) is 25.3. The smallest absolute Gasteiger partial charge is 0.422 e. The third-order valence-corrected chi connectivity index (χ3v) is 8.54. The maximum absolute atomic E-state index is 13.6. The molecule has 2 aromatic carbocycles. The molecule has 240 valence electrons. The van der Waals surface area contributed by atoms with Gasteiger partial charge in [0, 0.05) is 35.5 Å². The van der Waals surface area contributed by atoms with Crippen LogP contribution in [0.2, 0.25) is 0 Å². The second-order valence-electron chi connectivity index (χ2n) is 11.1. The van der Waals surface area contributed by atoms with Crippen LogP contribution in [0.5, 0.6) is 5.75 Å². The highest BCUT2D eigenvalue weighted by Gasteiger charge is 2.31. The first-order valence-corrected chi connectivity index (χ1v) is 15.8. The van der Waals surface area contributed by atoms with E-state index in [9.17, 15) is 34.8 Å². The zero-order chi connectivity index (χ0) is 32.3. The summed E-state index contributed by atoms with van der Waals surface area (Å²) in [6, 6.07) is 10.8. The van der Waals surface area contributed by atoms with E-state index >= 15 is 0 Å². The second kappa shape index (κ2) is 13.2. The van der Waals surface area contributed by atoms with E-state index < -0.39 is 35.3 Å². The van der Waals surface area contributed by atoms with E-state index in [0.29, 0.717) is 16.9 Å². The van der Waals surface area contributed by atoms with Gasteiger partial charge in [0.25, 0.3) is 0 Å². The summed E-state index contributed by atoms with van der Waals surface area (Å²) < 4.78 is 109. The van der Waals surface area contributed by atoms with E-state index in [1.165, 1.54) is 12.1 Å². The molecular formula is C30H34F6N4O3S. The molecule has 0 spiro atoms. The Bertz CT molecular complexity index is 1630. The fourth-order valence-corrected chi connectivity index (χ4v) is 5.89. The summed E-state index contributed by atoms with van der Waals surface area (Å²) in [6.45, 7) is -3.08. The molecule has 1 aromatic heterocycles. The van der Waals surface area contributed by atoms with Crippen molar-refractivity contribution in [3.63, 3.8) is 0 Å². The van der Waals surface area contributed by atoms with Crippen molar-refractivity contribution in [3.05, 3.63) is 48.2 Å². The molecule has 1 aliphatic carbocycles. The van der Waals surface area contributed by atoms with Gasteiger partial charge < -0.3 is 24.8 Å². The molecule has 1 saturated carbocycles. The standard InChI is InChI=1S/C30H34F6N4O3S/c1-39(2)21-11-9-20(10-12-21)38-25-7-4-8-27-24(25)16-22(40(27)18-29(31,32)33)6-5-15-37-26-14-13-23(44(3,41)42)17-28(26)43-19-30(34,35)36/h4,7-8,13-14,16-17,20-21,37-38H,9-12,15,18-19H2,1-3H3/t20-,21+. The van der Waals surface area contributed by atoms with Gasteiger partial charge in [0.05, 0.1) is 28.3 Å². The van der Waals surface area contributed by atoms with E-state index in [2.05, 4.69) is 41.5 Å². The van der Waals surface area contributed by atoms with E-state index in [1.54, 1.807) is 18.2 Å². The normalized spacial score (nSPS) is 17.8. The summed E-state index contributed by atoms with van der Waals surface area (Å²) in [7, 11) is 0.375. The molecule has 14 heteroatoms. The van der Waals surface area contributed by atoms with Gasteiger partial charge in [-0.05, 0) is 76.0 Å². The van der Waals surface area contributed by atoms with Crippen LogP contribution in [-0.2, 0) is 16.4 Å². The van der Waals surface area contributed by atoms with Crippen LogP contribution in [0.15, 0.2) is 47.4 Å². The summed E-state index contributed by atoms with van der Waals surface area (Å²) in [5.41, 5.74) is 1.24. The van der Waals surface area contributed by atoms with Gasteiger partial charge in [-0.25, -0.2) is 8.42 Å². The van der Waals surface area contributed by atoms with Crippen LogP contribution >= 0.6 is 0 Å². The Morgan fingerprint density at radius 3 is 2.30 bits per heavy atom. The number of nitrogens with zero attached hydrogens (tertiary/aromatic N) is 2. The van der Waals surface area contributed by atoms with Crippen LogP contribution in [0, 0.1) is 11.8 Å². The van der Waals surface area contributed by atoms with Gasteiger partial charge in [-0.1, -0.05) is 12.0 Å². The van der Waals surface area contributed by atoms with Crippen molar-refractivity contribution in [2.75, 3.05) is 44.1 Å². The molecule has 2 N–H and O–H groups in total. The number of fused-ring (bicyclic) bond motifs is 1. The number of halogens is 6. The summed E-state index contributed by atoms with van der Waals surface area (Å²) in [4.78, 5) is 1.97. The Hall–Kier alpha value is -3.57.